The van der Waals surface area contributed by atoms with Crippen LogP contribution in [0.15, 0.2) is 66.7 Å². The zero-order valence-corrected chi connectivity index (χ0v) is 18.9. The van der Waals surface area contributed by atoms with Crippen LogP contribution in [0.4, 0.5) is 11.4 Å². The Bertz CT molecular complexity index is 1310. The van der Waals surface area contributed by atoms with Crippen LogP contribution in [0.2, 0.25) is 10.0 Å². The van der Waals surface area contributed by atoms with Gasteiger partial charge in [-0.25, -0.2) is 0 Å². The fourth-order valence-corrected chi connectivity index (χ4v) is 3.84. The number of nitrogens with one attached hydrogen (secondary N) is 1. The highest BCUT2D eigenvalue weighted by Gasteiger charge is 2.13. The lowest BCUT2D eigenvalue weighted by Crippen LogP contribution is -2.15. The van der Waals surface area contributed by atoms with Crippen LogP contribution in [0.3, 0.4) is 0 Å². The molecule has 0 radical (unpaired) electrons. The van der Waals surface area contributed by atoms with Gasteiger partial charge in [0.2, 0.25) is 0 Å². The van der Waals surface area contributed by atoms with E-state index in [9.17, 15) is 4.79 Å². The molecule has 0 spiro atoms. The number of pyridine rings is 1. The topological polar surface area (TPSA) is 77.2 Å². The van der Waals surface area contributed by atoms with Gasteiger partial charge in [0.05, 0.1) is 10.5 Å². The minimum atomic E-state index is -0.248. The molecule has 0 saturated carbocycles. The van der Waals surface area contributed by atoms with Crippen LogP contribution in [0.5, 0.6) is 5.75 Å². The summed E-state index contributed by atoms with van der Waals surface area (Å²) < 4.78 is 5.82. The van der Waals surface area contributed by atoms with Crippen molar-refractivity contribution in [1.29, 1.82) is 0 Å². The summed E-state index contributed by atoms with van der Waals surface area (Å²) in [7, 11) is 0. The average Bonchev–Trinajstić information content (AvgIpc) is 2.79. The molecule has 3 aromatic carbocycles. The Hall–Kier alpha value is -3.28. The van der Waals surface area contributed by atoms with E-state index in [-0.39, 0.29) is 12.5 Å². The maximum atomic E-state index is 13.0. The third kappa shape index (κ3) is 4.79. The fraction of sp³-hybridized carbons (Fsp3) is 0.120. The molecule has 162 valence electrons. The van der Waals surface area contributed by atoms with Crippen LogP contribution >= 0.6 is 23.2 Å². The Kier molecular flexibility index (Phi) is 6.49. The maximum absolute atomic E-state index is 13.0. The van der Waals surface area contributed by atoms with E-state index in [1.54, 1.807) is 24.3 Å². The Balaban J connectivity index is 1.54. The highest BCUT2D eigenvalue weighted by molar-refractivity contribution is 6.35. The second-order valence-corrected chi connectivity index (χ2v) is 8.11. The average molecular weight is 466 g/mol. The number of halogens is 2. The third-order valence-electron chi connectivity index (χ3n) is 5.05. The second-order valence-electron chi connectivity index (χ2n) is 7.26. The van der Waals surface area contributed by atoms with E-state index in [1.165, 1.54) is 0 Å². The minimum absolute atomic E-state index is 0.180. The number of nitrogens with zero attached hydrogens (tertiary/aromatic N) is 1. The molecule has 32 heavy (non-hydrogen) atoms. The van der Waals surface area contributed by atoms with Crippen molar-refractivity contribution in [2.24, 2.45) is 0 Å². The summed E-state index contributed by atoms with van der Waals surface area (Å²) in [5.41, 5.74) is 10.4. The molecule has 4 aromatic rings. The van der Waals surface area contributed by atoms with Gasteiger partial charge in [0.25, 0.3) is 5.91 Å². The first-order valence-electron chi connectivity index (χ1n) is 10.1. The normalized spacial score (nSPS) is 10.8. The van der Waals surface area contributed by atoms with Gasteiger partial charge < -0.3 is 15.8 Å². The van der Waals surface area contributed by atoms with Crippen LogP contribution in [-0.2, 0) is 13.0 Å². The Labute approximate surface area is 196 Å². The molecule has 0 aliphatic carbocycles. The number of fused-ring (bicyclic) bond motifs is 1. The molecule has 0 fully saturated rings. The SMILES string of the molecule is CCc1cc(N)c2cc(NC(=O)c3ccccc3COc3ccc(Cl)cc3Cl)ccc2n1. The number of benzene rings is 3. The van der Waals surface area contributed by atoms with Crippen LogP contribution in [0.1, 0.15) is 28.5 Å². The molecule has 0 aliphatic heterocycles. The number of anilines is 2. The van der Waals surface area contributed by atoms with Crippen molar-refractivity contribution in [1.82, 2.24) is 4.98 Å². The van der Waals surface area contributed by atoms with Gasteiger partial charge in [0, 0.05) is 38.6 Å². The molecule has 0 unspecified atom stereocenters. The number of carbonyl (C=O) groups is 1. The van der Waals surface area contributed by atoms with Gasteiger partial charge in [-0.3, -0.25) is 9.78 Å². The quantitative estimate of drug-likeness (QED) is 0.339. The first kappa shape index (κ1) is 21.9. The Morgan fingerprint density at radius 1 is 1.06 bits per heavy atom. The lowest BCUT2D eigenvalue weighted by Gasteiger charge is -2.13. The zero-order chi connectivity index (χ0) is 22.7. The Morgan fingerprint density at radius 2 is 1.88 bits per heavy atom. The van der Waals surface area contributed by atoms with Gasteiger partial charge in [-0.05, 0) is 55.0 Å². The number of amides is 1. The molecule has 7 heteroatoms. The van der Waals surface area contributed by atoms with E-state index in [2.05, 4.69) is 10.3 Å². The standard InChI is InChI=1S/C25H21Cl2N3O2/c1-2-17-13-22(28)20-12-18(8-9-23(20)29-17)30-25(31)19-6-4-3-5-15(19)14-32-24-10-7-16(26)11-21(24)27/h3-13H,2,14H2,1H3,(H2,28,29)(H,30,31). The van der Waals surface area contributed by atoms with E-state index in [0.29, 0.717) is 32.7 Å². The summed E-state index contributed by atoms with van der Waals surface area (Å²) in [6.45, 7) is 2.21. The molecule has 0 atom stereocenters. The van der Waals surface area contributed by atoms with Gasteiger partial charge in [-0.2, -0.15) is 0 Å². The molecule has 3 N–H and O–H groups in total. The van der Waals surface area contributed by atoms with E-state index < -0.39 is 0 Å². The fourth-order valence-electron chi connectivity index (χ4n) is 3.38. The number of aryl methyl sites for hydroxylation is 1. The first-order chi connectivity index (χ1) is 15.4. The van der Waals surface area contributed by atoms with Crippen molar-refractivity contribution in [3.8, 4) is 5.75 Å². The summed E-state index contributed by atoms with van der Waals surface area (Å²) in [5, 5.41) is 4.68. The molecule has 0 aliphatic rings. The largest absolute Gasteiger partial charge is 0.487 e. The summed E-state index contributed by atoms with van der Waals surface area (Å²) in [6.07, 6.45) is 0.804. The van der Waals surface area contributed by atoms with Crippen LogP contribution in [-0.4, -0.2) is 10.9 Å². The van der Waals surface area contributed by atoms with Crippen molar-refractivity contribution >= 4 is 51.4 Å². The lowest BCUT2D eigenvalue weighted by atomic mass is 10.1. The second kappa shape index (κ2) is 9.47. The molecule has 0 bridgehead atoms. The number of rotatable bonds is 6. The van der Waals surface area contributed by atoms with E-state index in [0.717, 1.165) is 28.6 Å². The highest BCUT2D eigenvalue weighted by Crippen LogP contribution is 2.29. The molecule has 5 nitrogen and oxygen atoms in total. The summed E-state index contributed by atoms with van der Waals surface area (Å²) >= 11 is 12.1. The molecule has 0 saturated heterocycles. The van der Waals surface area contributed by atoms with Crippen molar-refractivity contribution in [2.45, 2.75) is 20.0 Å². The number of aromatic nitrogens is 1. The Morgan fingerprint density at radius 3 is 2.66 bits per heavy atom. The summed E-state index contributed by atoms with van der Waals surface area (Å²) in [4.78, 5) is 17.6. The maximum Gasteiger partial charge on any atom is 0.256 e. The number of hydrogen-bond donors (Lipinski definition) is 2. The van der Waals surface area contributed by atoms with Gasteiger partial charge in [-0.15, -0.1) is 0 Å². The van der Waals surface area contributed by atoms with Crippen molar-refractivity contribution in [3.63, 3.8) is 0 Å². The van der Waals surface area contributed by atoms with Crippen LogP contribution in [0, 0.1) is 0 Å². The lowest BCUT2D eigenvalue weighted by molar-refractivity contribution is 0.102. The van der Waals surface area contributed by atoms with E-state index >= 15 is 0 Å². The summed E-state index contributed by atoms with van der Waals surface area (Å²) in [6, 6.07) is 19.6. The summed E-state index contributed by atoms with van der Waals surface area (Å²) in [5.74, 6) is 0.248. The number of nitrogens with two attached hydrogens (primary N) is 1. The molecule has 1 amide bonds. The number of hydrogen-bond acceptors (Lipinski definition) is 4. The van der Waals surface area contributed by atoms with Gasteiger partial charge in [0.15, 0.2) is 0 Å². The molecular weight excluding hydrogens is 445 g/mol. The third-order valence-corrected chi connectivity index (χ3v) is 5.58. The van der Waals surface area contributed by atoms with Gasteiger partial charge >= 0.3 is 0 Å². The molecule has 1 aromatic heterocycles. The monoisotopic (exact) mass is 465 g/mol. The smallest absolute Gasteiger partial charge is 0.256 e. The predicted molar refractivity (Wildman–Crippen MR) is 131 cm³/mol. The molecular formula is C25H21Cl2N3O2. The zero-order valence-electron chi connectivity index (χ0n) is 17.4. The molecule has 4 rings (SSSR count). The van der Waals surface area contributed by atoms with Crippen LogP contribution in [0.25, 0.3) is 10.9 Å². The van der Waals surface area contributed by atoms with Crippen molar-refractivity contribution < 1.29 is 9.53 Å². The van der Waals surface area contributed by atoms with E-state index in [1.807, 2.05) is 49.4 Å². The first-order valence-corrected chi connectivity index (χ1v) is 10.9. The van der Waals surface area contributed by atoms with Crippen molar-refractivity contribution in [2.75, 3.05) is 11.1 Å². The minimum Gasteiger partial charge on any atom is -0.487 e. The number of nitrogen functional groups attached to an aromatic ring is 1. The van der Waals surface area contributed by atoms with E-state index in [4.69, 9.17) is 33.7 Å². The van der Waals surface area contributed by atoms with Crippen molar-refractivity contribution in [3.05, 3.63) is 93.6 Å². The van der Waals surface area contributed by atoms with Gasteiger partial charge in [0.1, 0.15) is 12.4 Å². The van der Waals surface area contributed by atoms with Crippen LogP contribution < -0.4 is 15.8 Å². The predicted octanol–water partition coefficient (Wildman–Crippen LogP) is 6.52. The van der Waals surface area contributed by atoms with Gasteiger partial charge in [-0.1, -0.05) is 48.3 Å². The highest BCUT2D eigenvalue weighted by atomic mass is 35.5. The number of carbonyl (C=O) groups excluding carboxylic acids is 1. The molecule has 1 heterocycles. The number of ether oxygens (including phenoxy) is 1.